The molecular weight excluding hydrogens is 488 g/mol. The number of ether oxygens (including phenoxy) is 1. The van der Waals surface area contributed by atoms with Crippen molar-refractivity contribution in [2.75, 3.05) is 38.2 Å². The average molecular weight is 509 g/mol. The number of anilines is 1. The van der Waals surface area contributed by atoms with Crippen molar-refractivity contribution in [1.29, 1.82) is 5.26 Å². The van der Waals surface area contributed by atoms with Crippen molar-refractivity contribution < 1.29 is 14.3 Å². The molecule has 0 radical (unpaired) electrons. The molecule has 13 nitrogen and oxygen atoms in total. The Bertz CT molecular complexity index is 1740. The van der Waals surface area contributed by atoms with E-state index in [1.165, 1.54) is 36.8 Å². The first-order chi connectivity index (χ1) is 18.6. The molecule has 5 heterocycles. The number of pyridine rings is 1. The summed E-state index contributed by atoms with van der Waals surface area (Å²) < 4.78 is 6.76. The van der Waals surface area contributed by atoms with Crippen LogP contribution in [0.25, 0.3) is 27.6 Å². The minimum Gasteiger partial charge on any atom is -0.494 e. The van der Waals surface area contributed by atoms with Gasteiger partial charge in [-0.15, -0.1) is 5.10 Å². The molecule has 1 N–H and O–H groups in total. The summed E-state index contributed by atoms with van der Waals surface area (Å²) in [5.74, 6) is 0.148. The third kappa shape index (κ3) is 3.75. The van der Waals surface area contributed by atoms with Crippen molar-refractivity contribution in [3.8, 4) is 17.6 Å². The van der Waals surface area contributed by atoms with E-state index in [9.17, 15) is 9.59 Å². The quantitative estimate of drug-likeness (QED) is 0.272. The van der Waals surface area contributed by atoms with Gasteiger partial charge in [0.15, 0.2) is 5.82 Å². The summed E-state index contributed by atoms with van der Waals surface area (Å²) in [7, 11) is 1.46. The van der Waals surface area contributed by atoms with Crippen molar-refractivity contribution in [3.63, 3.8) is 0 Å². The van der Waals surface area contributed by atoms with Gasteiger partial charge in [-0.2, -0.15) is 9.94 Å². The largest absolute Gasteiger partial charge is 0.494 e. The molecule has 0 aliphatic carbocycles. The van der Waals surface area contributed by atoms with E-state index < -0.39 is 11.7 Å². The Morgan fingerprint density at radius 2 is 1.87 bits per heavy atom. The summed E-state index contributed by atoms with van der Waals surface area (Å²) >= 11 is 0. The van der Waals surface area contributed by atoms with E-state index in [2.05, 4.69) is 34.9 Å². The van der Waals surface area contributed by atoms with Gasteiger partial charge in [-0.05, 0) is 12.1 Å². The second-order valence-corrected chi connectivity index (χ2v) is 8.55. The number of nitrogens with one attached hydrogen (secondary N) is 1. The number of H-pyrrole nitrogens is 1. The van der Waals surface area contributed by atoms with E-state index in [4.69, 9.17) is 10.00 Å². The van der Waals surface area contributed by atoms with Crippen LogP contribution in [0.2, 0.25) is 0 Å². The van der Waals surface area contributed by atoms with Gasteiger partial charge in [0, 0.05) is 37.8 Å². The minimum absolute atomic E-state index is 0.0251. The first-order valence-corrected chi connectivity index (χ1v) is 11.7. The van der Waals surface area contributed by atoms with Gasteiger partial charge in [0.05, 0.1) is 35.3 Å². The summed E-state index contributed by atoms with van der Waals surface area (Å²) in [4.78, 5) is 50.4. The fourth-order valence-corrected chi connectivity index (χ4v) is 4.65. The number of carbonyl (C=O) groups is 2. The van der Waals surface area contributed by atoms with E-state index in [0.717, 1.165) is 16.7 Å². The molecule has 38 heavy (non-hydrogen) atoms. The maximum Gasteiger partial charge on any atom is 0.295 e. The summed E-state index contributed by atoms with van der Waals surface area (Å²) in [6.45, 7) is 1.79. The molecule has 1 saturated heterocycles. The number of piperazine rings is 1. The number of amides is 1. The predicted molar refractivity (Wildman–Crippen MR) is 135 cm³/mol. The highest BCUT2D eigenvalue weighted by molar-refractivity contribution is 6.45. The summed E-state index contributed by atoms with van der Waals surface area (Å²) in [5.41, 5.74) is 1.44. The van der Waals surface area contributed by atoms with Crippen LogP contribution >= 0.6 is 0 Å². The molecule has 0 bridgehead atoms. The van der Waals surface area contributed by atoms with Gasteiger partial charge in [-0.3, -0.25) is 9.59 Å². The number of carbonyl (C=O) groups excluding carboxylic acids is 2. The number of rotatable bonds is 5. The van der Waals surface area contributed by atoms with Crippen LogP contribution in [0.3, 0.4) is 0 Å². The smallest absolute Gasteiger partial charge is 0.295 e. The number of Topliss-reactive ketones (excluding diaryl/α,β-unsaturated/α-hetero) is 1. The lowest BCUT2D eigenvalue weighted by atomic mass is 10.1. The zero-order chi connectivity index (χ0) is 26.2. The fraction of sp³-hybridized carbons (Fsp3) is 0.200. The highest BCUT2D eigenvalue weighted by Gasteiger charge is 2.31. The van der Waals surface area contributed by atoms with E-state index >= 15 is 0 Å². The third-order valence-corrected chi connectivity index (χ3v) is 6.51. The maximum atomic E-state index is 13.4. The standard InChI is InChI=1S/C25H20N10O3/c1-38-18-12-28-24(35-14-31-19(10-26)32-35)21-20(18)16(11-27-21)22(36)25(37)34-8-6-33(7-9-34)23-15-4-2-3-5-17(15)29-13-30-23/h2-5,11-14,27H,6-9H2,1H3. The molecule has 6 rings (SSSR count). The molecule has 1 aliphatic rings. The minimum atomic E-state index is -0.663. The van der Waals surface area contributed by atoms with Crippen molar-refractivity contribution in [2.45, 2.75) is 0 Å². The monoisotopic (exact) mass is 508 g/mol. The van der Waals surface area contributed by atoms with Crippen molar-refractivity contribution >= 4 is 39.3 Å². The van der Waals surface area contributed by atoms with Crippen molar-refractivity contribution in [2.24, 2.45) is 0 Å². The summed E-state index contributed by atoms with van der Waals surface area (Å²) in [6.07, 6.45) is 5.78. The van der Waals surface area contributed by atoms with E-state index in [1.807, 2.05) is 30.3 Å². The van der Waals surface area contributed by atoms with Gasteiger partial charge in [-0.1, -0.05) is 12.1 Å². The molecule has 1 aliphatic heterocycles. The van der Waals surface area contributed by atoms with Gasteiger partial charge in [0.1, 0.15) is 30.3 Å². The Balaban J connectivity index is 1.25. The molecule has 0 atom stereocenters. The second kappa shape index (κ2) is 9.25. The summed E-state index contributed by atoms with van der Waals surface area (Å²) in [5, 5.41) is 14.5. The molecule has 1 fully saturated rings. The normalized spacial score (nSPS) is 13.6. The van der Waals surface area contributed by atoms with Crippen molar-refractivity contribution in [1.82, 2.24) is 39.6 Å². The fourth-order valence-electron chi connectivity index (χ4n) is 4.65. The molecule has 0 spiro atoms. The lowest BCUT2D eigenvalue weighted by Crippen LogP contribution is -2.51. The number of benzene rings is 1. The number of fused-ring (bicyclic) bond motifs is 2. The maximum absolute atomic E-state index is 13.4. The SMILES string of the molecule is COc1cnc(-n2cnc(C#N)n2)c2[nH]cc(C(=O)C(=O)N3CCN(c4ncnc5ccccc45)CC3)c12. The zero-order valence-electron chi connectivity index (χ0n) is 20.2. The third-order valence-electron chi connectivity index (χ3n) is 6.51. The van der Waals surface area contributed by atoms with E-state index in [0.29, 0.717) is 48.6 Å². The van der Waals surface area contributed by atoms with Crippen LogP contribution in [0, 0.1) is 11.3 Å². The topological polar surface area (TPSA) is 159 Å². The highest BCUT2D eigenvalue weighted by Crippen LogP contribution is 2.32. The van der Waals surface area contributed by atoms with Gasteiger partial charge in [-0.25, -0.2) is 19.9 Å². The molecule has 5 aromatic rings. The average Bonchev–Trinajstić information content (AvgIpc) is 3.64. The predicted octanol–water partition coefficient (Wildman–Crippen LogP) is 1.50. The zero-order valence-corrected chi connectivity index (χ0v) is 20.2. The number of para-hydroxylation sites is 1. The molecule has 1 amide bonds. The van der Waals surface area contributed by atoms with Crippen LogP contribution < -0.4 is 9.64 Å². The molecule has 4 aromatic heterocycles. The van der Waals surface area contributed by atoms with Gasteiger partial charge < -0.3 is 19.5 Å². The first kappa shape index (κ1) is 23.0. The molecule has 0 unspecified atom stereocenters. The number of aromatic amines is 1. The van der Waals surface area contributed by atoms with E-state index in [1.54, 1.807) is 4.90 Å². The van der Waals surface area contributed by atoms with Crippen molar-refractivity contribution in [3.05, 3.63) is 60.7 Å². The Labute approximate surface area is 215 Å². The molecular formula is C25H20N10O3. The van der Waals surface area contributed by atoms with Crippen LogP contribution in [0.4, 0.5) is 5.82 Å². The Kier molecular flexibility index (Phi) is 5.61. The van der Waals surface area contributed by atoms with Crippen LogP contribution in [-0.4, -0.2) is 84.6 Å². The number of nitrogens with zero attached hydrogens (tertiary/aromatic N) is 9. The summed E-state index contributed by atoms with van der Waals surface area (Å²) in [6, 6.07) is 9.63. The van der Waals surface area contributed by atoms with Crippen LogP contribution in [0.15, 0.2) is 49.3 Å². The second-order valence-electron chi connectivity index (χ2n) is 8.55. The van der Waals surface area contributed by atoms with Crippen LogP contribution in [-0.2, 0) is 4.79 Å². The number of hydrogen-bond acceptors (Lipinski definition) is 10. The molecule has 0 saturated carbocycles. The number of aromatic nitrogens is 7. The van der Waals surface area contributed by atoms with Crippen LogP contribution in [0.5, 0.6) is 5.75 Å². The van der Waals surface area contributed by atoms with Crippen LogP contribution in [0.1, 0.15) is 16.2 Å². The Morgan fingerprint density at radius 3 is 2.63 bits per heavy atom. The number of ketones is 1. The lowest BCUT2D eigenvalue weighted by Gasteiger charge is -2.35. The number of methoxy groups -OCH3 is 1. The molecule has 1 aromatic carbocycles. The van der Waals surface area contributed by atoms with Gasteiger partial charge in [0.25, 0.3) is 17.5 Å². The number of nitriles is 1. The lowest BCUT2D eigenvalue weighted by molar-refractivity contribution is -0.126. The van der Waals surface area contributed by atoms with Gasteiger partial charge in [0.2, 0.25) is 0 Å². The van der Waals surface area contributed by atoms with Gasteiger partial charge >= 0.3 is 0 Å². The highest BCUT2D eigenvalue weighted by atomic mass is 16.5. The first-order valence-electron chi connectivity index (χ1n) is 11.7. The van der Waals surface area contributed by atoms with E-state index in [-0.39, 0.29) is 11.4 Å². The molecule has 13 heteroatoms. The Morgan fingerprint density at radius 1 is 1.05 bits per heavy atom. The number of hydrogen-bond donors (Lipinski definition) is 1. The molecule has 188 valence electrons. The Hall–Kier alpha value is -5.38.